The molecule has 1 aliphatic rings. The molecule has 1 saturated carbocycles. The second-order valence-corrected chi connectivity index (χ2v) is 6.73. The summed E-state index contributed by atoms with van der Waals surface area (Å²) in [5.41, 5.74) is 5.53. The van der Waals surface area contributed by atoms with Gasteiger partial charge < -0.3 is 5.73 Å². The highest BCUT2D eigenvalue weighted by atomic mass is 32.2. The van der Waals surface area contributed by atoms with Crippen molar-refractivity contribution in [2.24, 2.45) is 11.1 Å². The SMILES string of the molecule is CC1(CNS(=O)(=O)CCCCN)CCC1. The fourth-order valence-corrected chi connectivity index (χ4v) is 3.05. The van der Waals surface area contributed by atoms with Crippen molar-refractivity contribution >= 4 is 10.0 Å². The van der Waals surface area contributed by atoms with Crippen LogP contribution in [0.1, 0.15) is 39.0 Å². The van der Waals surface area contributed by atoms with Crippen molar-refractivity contribution in [1.82, 2.24) is 4.72 Å². The largest absolute Gasteiger partial charge is 0.330 e. The molecular formula is C10H22N2O2S. The molecule has 0 spiro atoms. The van der Waals surface area contributed by atoms with Gasteiger partial charge in [-0.2, -0.15) is 0 Å². The van der Waals surface area contributed by atoms with Gasteiger partial charge in [0.15, 0.2) is 0 Å². The van der Waals surface area contributed by atoms with Crippen LogP contribution in [0.3, 0.4) is 0 Å². The summed E-state index contributed by atoms with van der Waals surface area (Å²) in [6.45, 7) is 3.30. The van der Waals surface area contributed by atoms with Gasteiger partial charge in [0, 0.05) is 6.54 Å². The lowest BCUT2D eigenvalue weighted by molar-refractivity contribution is 0.166. The normalized spacial score (nSPS) is 19.9. The van der Waals surface area contributed by atoms with Gasteiger partial charge in [0.05, 0.1) is 5.75 Å². The first-order valence-corrected chi connectivity index (χ1v) is 7.30. The highest BCUT2D eigenvalue weighted by molar-refractivity contribution is 7.89. The predicted octanol–water partition coefficient (Wildman–Crippen LogP) is 0.835. The third kappa shape index (κ3) is 4.49. The van der Waals surface area contributed by atoms with Gasteiger partial charge in [-0.1, -0.05) is 13.3 Å². The number of sulfonamides is 1. The quantitative estimate of drug-likeness (QED) is 0.641. The van der Waals surface area contributed by atoms with Crippen LogP contribution < -0.4 is 10.5 Å². The summed E-state index contributed by atoms with van der Waals surface area (Å²) >= 11 is 0. The third-order valence-corrected chi connectivity index (χ3v) is 4.56. The van der Waals surface area contributed by atoms with E-state index in [1.54, 1.807) is 0 Å². The molecule has 0 radical (unpaired) electrons. The Morgan fingerprint density at radius 2 is 2.00 bits per heavy atom. The topological polar surface area (TPSA) is 72.2 Å². The maximum Gasteiger partial charge on any atom is 0.211 e. The zero-order chi connectivity index (χ0) is 11.4. The minimum absolute atomic E-state index is 0.209. The van der Waals surface area contributed by atoms with Gasteiger partial charge in [0.1, 0.15) is 0 Å². The zero-order valence-corrected chi connectivity index (χ0v) is 10.3. The van der Waals surface area contributed by atoms with Crippen LogP contribution in [-0.2, 0) is 10.0 Å². The summed E-state index contributed by atoms with van der Waals surface area (Å²) < 4.78 is 25.8. The molecule has 0 aliphatic heterocycles. The lowest BCUT2D eigenvalue weighted by Gasteiger charge is -2.38. The molecule has 0 unspecified atom stereocenters. The van der Waals surface area contributed by atoms with Crippen molar-refractivity contribution in [2.75, 3.05) is 18.8 Å². The van der Waals surface area contributed by atoms with Crippen molar-refractivity contribution in [3.63, 3.8) is 0 Å². The van der Waals surface area contributed by atoms with Crippen LogP contribution in [0.25, 0.3) is 0 Å². The Kier molecular flexibility index (Phi) is 4.55. The van der Waals surface area contributed by atoms with Gasteiger partial charge in [-0.25, -0.2) is 13.1 Å². The highest BCUT2D eigenvalue weighted by Crippen LogP contribution is 2.39. The van der Waals surface area contributed by atoms with Gasteiger partial charge in [-0.3, -0.25) is 0 Å². The average Bonchev–Trinajstić information content (AvgIpc) is 2.12. The summed E-state index contributed by atoms with van der Waals surface area (Å²) in [7, 11) is -3.07. The molecule has 4 nitrogen and oxygen atoms in total. The molecule has 0 bridgehead atoms. The van der Waals surface area contributed by atoms with E-state index in [0.717, 1.165) is 19.3 Å². The molecule has 15 heavy (non-hydrogen) atoms. The second-order valence-electron chi connectivity index (χ2n) is 4.80. The van der Waals surface area contributed by atoms with Gasteiger partial charge in [0.2, 0.25) is 10.0 Å². The van der Waals surface area contributed by atoms with Gasteiger partial charge in [0.25, 0.3) is 0 Å². The van der Waals surface area contributed by atoms with Crippen LogP contribution in [0.2, 0.25) is 0 Å². The average molecular weight is 234 g/mol. The second kappa shape index (κ2) is 5.27. The molecule has 90 valence electrons. The van der Waals surface area contributed by atoms with E-state index in [4.69, 9.17) is 5.73 Å². The summed E-state index contributed by atoms with van der Waals surface area (Å²) in [5, 5.41) is 0. The van der Waals surface area contributed by atoms with Crippen molar-refractivity contribution in [1.29, 1.82) is 0 Å². The van der Waals surface area contributed by atoms with Gasteiger partial charge in [-0.15, -0.1) is 0 Å². The van der Waals surface area contributed by atoms with E-state index < -0.39 is 10.0 Å². The van der Waals surface area contributed by atoms with E-state index in [1.165, 1.54) is 6.42 Å². The number of hydrogen-bond acceptors (Lipinski definition) is 3. The standard InChI is InChI=1S/C10H22N2O2S/c1-10(5-4-6-10)9-12-15(13,14)8-3-2-7-11/h12H,2-9,11H2,1H3. The molecular weight excluding hydrogens is 212 g/mol. The molecule has 0 aromatic carbocycles. The maximum atomic E-state index is 11.5. The monoisotopic (exact) mass is 234 g/mol. The van der Waals surface area contributed by atoms with Gasteiger partial charge >= 0.3 is 0 Å². The highest BCUT2D eigenvalue weighted by Gasteiger charge is 2.32. The van der Waals surface area contributed by atoms with Crippen LogP contribution in [-0.4, -0.2) is 27.3 Å². The molecule has 1 fully saturated rings. The van der Waals surface area contributed by atoms with E-state index in [9.17, 15) is 8.42 Å². The number of unbranched alkanes of at least 4 members (excludes halogenated alkanes) is 1. The minimum Gasteiger partial charge on any atom is -0.330 e. The van der Waals surface area contributed by atoms with E-state index >= 15 is 0 Å². The van der Waals surface area contributed by atoms with Crippen LogP contribution in [0.5, 0.6) is 0 Å². The molecule has 0 heterocycles. The van der Waals surface area contributed by atoms with Gasteiger partial charge in [-0.05, 0) is 37.6 Å². The fraction of sp³-hybridized carbons (Fsp3) is 1.00. The minimum atomic E-state index is -3.07. The zero-order valence-electron chi connectivity index (χ0n) is 9.46. The first-order valence-electron chi connectivity index (χ1n) is 5.65. The molecule has 5 heteroatoms. The first kappa shape index (κ1) is 12.9. The molecule has 0 saturated heterocycles. The predicted molar refractivity (Wildman–Crippen MR) is 62.0 cm³/mol. The van der Waals surface area contributed by atoms with E-state index in [2.05, 4.69) is 11.6 Å². The Labute approximate surface area is 92.7 Å². The number of nitrogens with one attached hydrogen (secondary N) is 1. The molecule has 1 rings (SSSR count). The van der Waals surface area contributed by atoms with Crippen LogP contribution in [0.4, 0.5) is 0 Å². The third-order valence-electron chi connectivity index (χ3n) is 3.15. The summed E-state index contributed by atoms with van der Waals surface area (Å²) in [5.74, 6) is 0.209. The van der Waals surface area contributed by atoms with Crippen molar-refractivity contribution in [2.45, 2.75) is 39.0 Å². The van der Waals surface area contributed by atoms with E-state index in [-0.39, 0.29) is 11.2 Å². The Morgan fingerprint density at radius 1 is 1.33 bits per heavy atom. The van der Waals surface area contributed by atoms with Crippen LogP contribution in [0.15, 0.2) is 0 Å². The molecule has 0 aromatic heterocycles. The Morgan fingerprint density at radius 3 is 2.47 bits per heavy atom. The van der Waals surface area contributed by atoms with Crippen molar-refractivity contribution in [3.05, 3.63) is 0 Å². The van der Waals surface area contributed by atoms with E-state index in [1.807, 2.05) is 0 Å². The summed E-state index contributed by atoms with van der Waals surface area (Å²) in [4.78, 5) is 0. The molecule has 0 atom stereocenters. The van der Waals surface area contributed by atoms with Crippen molar-refractivity contribution < 1.29 is 8.42 Å². The molecule has 0 aromatic rings. The summed E-state index contributed by atoms with van der Waals surface area (Å²) in [6, 6.07) is 0. The lowest BCUT2D eigenvalue weighted by atomic mass is 9.71. The smallest absolute Gasteiger partial charge is 0.211 e. The fourth-order valence-electron chi connectivity index (χ4n) is 1.75. The Balaban J connectivity index is 2.23. The molecule has 3 N–H and O–H groups in total. The Bertz CT molecular complexity index is 284. The number of rotatable bonds is 7. The number of hydrogen-bond donors (Lipinski definition) is 2. The summed E-state index contributed by atoms with van der Waals surface area (Å²) in [6.07, 6.45) is 4.93. The molecule has 1 aliphatic carbocycles. The van der Waals surface area contributed by atoms with Crippen LogP contribution >= 0.6 is 0 Å². The van der Waals surface area contributed by atoms with E-state index in [0.29, 0.717) is 19.5 Å². The first-order chi connectivity index (χ1) is 6.97. The molecule has 0 amide bonds. The maximum absolute atomic E-state index is 11.5. The van der Waals surface area contributed by atoms with Crippen LogP contribution in [0, 0.1) is 5.41 Å². The van der Waals surface area contributed by atoms with Crippen molar-refractivity contribution in [3.8, 4) is 0 Å². The number of nitrogens with two attached hydrogens (primary N) is 1. The Hall–Kier alpha value is -0.130. The lowest BCUT2D eigenvalue weighted by Crippen LogP contribution is -2.40.